The number of halogens is 1. The fraction of sp³-hybridized carbons (Fsp3) is 0.364. The van der Waals surface area contributed by atoms with E-state index in [-0.39, 0.29) is 6.54 Å². The van der Waals surface area contributed by atoms with E-state index < -0.39 is 43.2 Å². The molecule has 0 amide bonds. The van der Waals surface area contributed by atoms with Gasteiger partial charge in [-0.3, -0.25) is 14.9 Å². The predicted molar refractivity (Wildman–Crippen MR) is 69.7 cm³/mol. The third-order valence-corrected chi connectivity index (χ3v) is 4.63. The van der Waals surface area contributed by atoms with Gasteiger partial charge in [0.2, 0.25) is 10.0 Å². The minimum Gasteiger partial charge on any atom is -0.481 e. The number of carboxylic acid groups (broad SMARTS) is 1. The molecule has 1 atom stereocenters. The Morgan fingerprint density at radius 1 is 1.52 bits per heavy atom. The minimum absolute atomic E-state index is 0.369. The molecule has 0 heterocycles. The number of carbonyl (C=O) groups is 1. The highest BCUT2D eigenvalue weighted by Gasteiger charge is 2.31. The maximum Gasteiger partial charge on any atom is 0.307 e. The lowest BCUT2D eigenvalue weighted by Gasteiger charge is -2.19. The van der Waals surface area contributed by atoms with E-state index in [9.17, 15) is 27.7 Å². The molecule has 1 unspecified atom stereocenters. The summed E-state index contributed by atoms with van der Waals surface area (Å²) < 4.78 is 38.2. The van der Waals surface area contributed by atoms with Crippen LogP contribution in [0.15, 0.2) is 23.1 Å². The molecule has 0 fully saturated rings. The van der Waals surface area contributed by atoms with Gasteiger partial charge in [-0.1, -0.05) is 6.92 Å². The fourth-order valence-corrected chi connectivity index (χ4v) is 2.97. The third kappa shape index (κ3) is 3.73. The molecule has 0 saturated heterocycles. The number of benzene rings is 1. The van der Waals surface area contributed by atoms with Crippen LogP contribution in [-0.2, 0) is 14.8 Å². The van der Waals surface area contributed by atoms with E-state index in [2.05, 4.69) is 0 Å². The van der Waals surface area contributed by atoms with Gasteiger partial charge in [0.15, 0.2) is 4.90 Å². The average molecular weight is 320 g/mol. The summed E-state index contributed by atoms with van der Waals surface area (Å²) in [5, 5.41) is 19.6. The van der Waals surface area contributed by atoms with Gasteiger partial charge in [-0.05, 0) is 12.1 Å². The number of nitrogens with zero attached hydrogens (tertiary/aromatic N) is 2. The highest BCUT2D eigenvalue weighted by Crippen LogP contribution is 2.27. The standard InChI is InChI=1S/C11H13FN2O6S/c1-7(11(15)16)6-13(2)21(19,20)10-4-3-8(12)5-9(10)14(17)18/h3-5,7H,6H2,1-2H3,(H,15,16). The Hall–Kier alpha value is -2.07. The summed E-state index contributed by atoms with van der Waals surface area (Å²) in [5.74, 6) is -3.14. The number of nitro groups is 1. The van der Waals surface area contributed by atoms with Crippen molar-refractivity contribution in [2.75, 3.05) is 13.6 Å². The van der Waals surface area contributed by atoms with Gasteiger partial charge in [-0.15, -0.1) is 0 Å². The van der Waals surface area contributed by atoms with Gasteiger partial charge in [0, 0.05) is 13.6 Å². The summed E-state index contributed by atoms with van der Waals surface area (Å²) in [6, 6.07) is 2.07. The molecular weight excluding hydrogens is 307 g/mol. The van der Waals surface area contributed by atoms with Gasteiger partial charge in [0.25, 0.3) is 5.69 Å². The zero-order valence-corrected chi connectivity index (χ0v) is 12.0. The molecule has 0 aromatic heterocycles. The third-order valence-electron chi connectivity index (χ3n) is 2.76. The Balaban J connectivity index is 3.25. The van der Waals surface area contributed by atoms with Crippen molar-refractivity contribution in [1.29, 1.82) is 0 Å². The van der Waals surface area contributed by atoms with Crippen LogP contribution in [0, 0.1) is 21.8 Å². The fourth-order valence-electron chi connectivity index (χ4n) is 1.58. The number of carboxylic acids is 1. The molecule has 1 N–H and O–H groups in total. The van der Waals surface area contributed by atoms with Crippen LogP contribution in [0.5, 0.6) is 0 Å². The highest BCUT2D eigenvalue weighted by atomic mass is 32.2. The number of nitro benzene ring substituents is 1. The predicted octanol–water partition coefficient (Wildman–Crippen LogP) is 1.08. The van der Waals surface area contributed by atoms with Crippen LogP contribution in [0.25, 0.3) is 0 Å². The zero-order chi connectivity index (χ0) is 16.4. The van der Waals surface area contributed by atoms with Crippen molar-refractivity contribution < 1.29 is 27.6 Å². The van der Waals surface area contributed by atoms with Crippen molar-refractivity contribution in [3.05, 3.63) is 34.1 Å². The van der Waals surface area contributed by atoms with Crippen LogP contribution in [-0.4, -0.2) is 42.3 Å². The molecule has 116 valence electrons. The molecule has 1 aromatic carbocycles. The monoisotopic (exact) mass is 320 g/mol. The number of hydrogen-bond donors (Lipinski definition) is 1. The van der Waals surface area contributed by atoms with Crippen LogP contribution in [0.1, 0.15) is 6.92 Å². The van der Waals surface area contributed by atoms with Gasteiger partial charge >= 0.3 is 5.97 Å². The van der Waals surface area contributed by atoms with E-state index >= 15 is 0 Å². The van der Waals surface area contributed by atoms with E-state index in [0.29, 0.717) is 10.4 Å². The summed E-state index contributed by atoms with van der Waals surface area (Å²) in [6.07, 6.45) is 0. The van der Waals surface area contributed by atoms with Gasteiger partial charge in [0.05, 0.1) is 16.9 Å². The van der Waals surface area contributed by atoms with Crippen LogP contribution < -0.4 is 0 Å². The van der Waals surface area contributed by atoms with Crippen LogP contribution in [0.2, 0.25) is 0 Å². The molecule has 0 aliphatic heterocycles. The second-order valence-electron chi connectivity index (χ2n) is 4.39. The molecule has 0 radical (unpaired) electrons. The number of rotatable bonds is 6. The molecule has 8 nitrogen and oxygen atoms in total. The average Bonchev–Trinajstić information content (AvgIpc) is 2.37. The van der Waals surface area contributed by atoms with Crippen molar-refractivity contribution in [3.8, 4) is 0 Å². The lowest BCUT2D eigenvalue weighted by Crippen LogP contribution is -2.34. The summed E-state index contributed by atoms with van der Waals surface area (Å²) in [4.78, 5) is 19.9. The van der Waals surface area contributed by atoms with Crippen LogP contribution in [0.4, 0.5) is 10.1 Å². The first-order valence-electron chi connectivity index (χ1n) is 5.70. The molecule has 21 heavy (non-hydrogen) atoms. The van der Waals surface area contributed by atoms with Gasteiger partial charge in [-0.2, -0.15) is 4.31 Å². The molecule has 10 heteroatoms. The summed E-state index contributed by atoms with van der Waals surface area (Å²) in [6.45, 7) is 0.930. The van der Waals surface area contributed by atoms with Crippen molar-refractivity contribution in [3.63, 3.8) is 0 Å². The molecular formula is C11H13FN2O6S. The Kier molecular flexibility index (Phi) is 4.97. The lowest BCUT2D eigenvalue weighted by molar-refractivity contribution is -0.388. The smallest absolute Gasteiger partial charge is 0.307 e. The van der Waals surface area contributed by atoms with Gasteiger partial charge < -0.3 is 5.11 Å². The first-order valence-corrected chi connectivity index (χ1v) is 7.14. The molecule has 1 aromatic rings. The second-order valence-corrected chi connectivity index (χ2v) is 6.41. The maximum absolute atomic E-state index is 13.0. The summed E-state index contributed by atoms with van der Waals surface area (Å²) in [7, 11) is -3.20. The molecule has 0 aliphatic rings. The molecule has 0 bridgehead atoms. The Morgan fingerprint density at radius 2 is 2.10 bits per heavy atom. The number of sulfonamides is 1. The van der Waals surface area contributed by atoms with Crippen LogP contribution in [0.3, 0.4) is 0 Å². The molecule has 0 aliphatic carbocycles. The first-order chi connectivity index (χ1) is 9.57. The van der Waals surface area contributed by atoms with Crippen molar-refractivity contribution in [2.24, 2.45) is 5.92 Å². The quantitative estimate of drug-likeness (QED) is 0.619. The molecule has 0 spiro atoms. The minimum atomic E-state index is -4.30. The number of hydrogen-bond acceptors (Lipinski definition) is 5. The van der Waals surface area contributed by atoms with Crippen molar-refractivity contribution >= 4 is 21.7 Å². The highest BCUT2D eigenvalue weighted by molar-refractivity contribution is 7.89. The van der Waals surface area contributed by atoms with E-state index in [0.717, 1.165) is 19.2 Å². The zero-order valence-electron chi connectivity index (χ0n) is 11.2. The van der Waals surface area contributed by atoms with E-state index in [1.54, 1.807) is 0 Å². The van der Waals surface area contributed by atoms with E-state index in [1.165, 1.54) is 6.92 Å². The summed E-state index contributed by atoms with van der Waals surface area (Å²) in [5.41, 5.74) is -0.898. The molecule has 0 saturated carbocycles. The van der Waals surface area contributed by atoms with Crippen molar-refractivity contribution in [2.45, 2.75) is 11.8 Å². The maximum atomic E-state index is 13.0. The van der Waals surface area contributed by atoms with E-state index in [4.69, 9.17) is 5.11 Å². The first kappa shape index (κ1) is 17.0. The van der Waals surface area contributed by atoms with Gasteiger partial charge in [-0.25, -0.2) is 12.8 Å². The topological polar surface area (TPSA) is 118 Å². The largest absolute Gasteiger partial charge is 0.481 e. The van der Waals surface area contributed by atoms with Gasteiger partial charge in [0.1, 0.15) is 5.82 Å². The van der Waals surface area contributed by atoms with Crippen molar-refractivity contribution in [1.82, 2.24) is 4.31 Å². The Labute approximate surface area is 120 Å². The number of aliphatic carboxylic acids is 1. The van der Waals surface area contributed by atoms with Crippen LogP contribution >= 0.6 is 0 Å². The summed E-state index contributed by atoms with van der Waals surface area (Å²) >= 11 is 0. The lowest BCUT2D eigenvalue weighted by atomic mass is 10.2. The normalized spacial score (nSPS) is 13.1. The Bertz CT molecular complexity index is 675. The SMILES string of the molecule is CC(CN(C)S(=O)(=O)c1ccc(F)cc1[N+](=O)[O-])C(=O)O. The molecule has 1 rings (SSSR count). The second kappa shape index (κ2) is 6.14. The Morgan fingerprint density at radius 3 is 2.57 bits per heavy atom. The van der Waals surface area contributed by atoms with E-state index in [1.807, 2.05) is 0 Å².